The molecule has 1 heterocycles. The summed E-state index contributed by atoms with van der Waals surface area (Å²) in [7, 11) is 1.55. The Balaban J connectivity index is 2.05. The molecule has 0 atom stereocenters. The molecule has 0 aliphatic carbocycles. The van der Waals surface area contributed by atoms with Crippen molar-refractivity contribution in [3.63, 3.8) is 0 Å². The highest BCUT2D eigenvalue weighted by molar-refractivity contribution is 5.99. The standard InChI is InChI=1S/C12H15N3O2/c1-15(12(16)17)8-9-2-4-10(5-3-9)11-13-6-7-14-11/h2-5H,6-8H2,1H3,(H,13,14)(H,16,17). The Hall–Kier alpha value is -2.04. The van der Waals surface area contributed by atoms with Crippen molar-refractivity contribution >= 4 is 11.9 Å². The van der Waals surface area contributed by atoms with Gasteiger partial charge in [0.15, 0.2) is 0 Å². The Morgan fingerprint density at radius 3 is 2.71 bits per heavy atom. The van der Waals surface area contributed by atoms with Crippen LogP contribution in [0.2, 0.25) is 0 Å². The molecule has 0 saturated heterocycles. The molecule has 0 spiro atoms. The quantitative estimate of drug-likeness (QED) is 0.823. The van der Waals surface area contributed by atoms with Gasteiger partial charge in [-0.3, -0.25) is 4.99 Å². The van der Waals surface area contributed by atoms with Crippen LogP contribution in [0.4, 0.5) is 4.79 Å². The van der Waals surface area contributed by atoms with Gasteiger partial charge in [-0.05, 0) is 5.56 Å². The highest BCUT2D eigenvalue weighted by Crippen LogP contribution is 2.08. The molecule has 1 aromatic rings. The highest BCUT2D eigenvalue weighted by atomic mass is 16.4. The van der Waals surface area contributed by atoms with Crippen LogP contribution in [-0.4, -0.2) is 42.1 Å². The molecule has 0 unspecified atom stereocenters. The Morgan fingerprint density at radius 1 is 1.47 bits per heavy atom. The minimum atomic E-state index is -0.920. The molecule has 5 nitrogen and oxygen atoms in total. The summed E-state index contributed by atoms with van der Waals surface area (Å²) in [5.74, 6) is 0.920. The second-order valence-corrected chi connectivity index (χ2v) is 3.99. The molecule has 0 saturated carbocycles. The van der Waals surface area contributed by atoms with E-state index in [1.807, 2.05) is 24.3 Å². The first-order valence-electron chi connectivity index (χ1n) is 5.48. The number of rotatable bonds is 3. The molecule has 0 fully saturated rings. The van der Waals surface area contributed by atoms with Crippen molar-refractivity contribution in [3.8, 4) is 0 Å². The van der Waals surface area contributed by atoms with E-state index in [1.54, 1.807) is 7.05 Å². The van der Waals surface area contributed by atoms with Crippen molar-refractivity contribution < 1.29 is 9.90 Å². The number of hydrogen-bond donors (Lipinski definition) is 2. The smallest absolute Gasteiger partial charge is 0.407 e. The van der Waals surface area contributed by atoms with Gasteiger partial charge in [0, 0.05) is 25.7 Å². The number of nitrogens with zero attached hydrogens (tertiary/aromatic N) is 2. The Bertz CT molecular complexity index is 440. The minimum absolute atomic E-state index is 0.398. The summed E-state index contributed by atoms with van der Waals surface area (Å²) < 4.78 is 0. The van der Waals surface area contributed by atoms with E-state index >= 15 is 0 Å². The zero-order valence-electron chi connectivity index (χ0n) is 9.68. The number of nitrogens with one attached hydrogen (secondary N) is 1. The van der Waals surface area contributed by atoms with Gasteiger partial charge >= 0.3 is 6.09 Å². The van der Waals surface area contributed by atoms with E-state index in [0.717, 1.165) is 30.1 Å². The monoisotopic (exact) mass is 233 g/mol. The van der Waals surface area contributed by atoms with Crippen LogP contribution >= 0.6 is 0 Å². The van der Waals surface area contributed by atoms with Crippen LogP contribution in [0, 0.1) is 0 Å². The van der Waals surface area contributed by atoms with Crippen molar-refractivity contribution in [2.45, 2.75) is 6.54 Å². The van der Waals surface area contributed by atoms with Gasteiger partial charge in [0.2, 0.25) is 0 Å². The summed E-state index contributed by atoms with van der Waals surface area (Å²) in [6, 6.07) is 7.78. The molecule has 5 heteroatoms. The van der Waals surface area contributed by atoms with E-state index in [2.05, 4.69) is 10.3 Å². The van der Waals surface area contributed by atoms with E-state index < -0.39 is 6.09 Å². The lowest BCUT2D eigenvalue weighted by Gasteiger charge is -2.13. The molecule has 1 amide bonds. The molecule has 0 bridgehead atoms. The van der Waals surface area contributed by atoms with Gasteiger partial charge in [0.05, 0.1) is 6.54 Å². The van der Waals surface area contributed by atoms with Gasteiger partial charge in [-0.1, -0.05) is 24.3 Å². The Kier molecular flexibility index (Phi) is 3.27. The molecule has 2 N–H and O–H groups in total. The molecule has 1 aliphatic heterocycles. The summed E-state index contributed by atoms with van der Waals surface area (Å²) in [5.41, 5.74) is 2.02. The van der Waals surface area contributed by atoms with E-state index in [9.17, 15) is 4.79 Å². The van der Waals surface area contributed by atoms with Crippen LogP contribution < -0.4 is 5.32 Å². The maximum atomic E-state index is 10.7. The zero-order chi connectivity index (χ0) is 12.3. The minimum Gasteiger partial charge on any atom is -0.465 e. The fourth-order valence-corrected chi connectivity index (χ4v) is 1.70. The van der Waals surface area contributed by atoms with Gasteiger partial charge in [-0.2, -0.15) is 0 Å². The number of amides is 1. The SMILES string of the molecule is CN(Cc1ccc(C2=NCCN2)cc1)C(=O)O. The van der Waals surface area contributed by atoms with Crippen molar-refractivity contribution in [2.24, 2.45) is 4.99 Å². The molecule has 17 heavy (non-hydrogen) atoms. The van der Waals surface area contributed by atoms with E-state index in [-0.39, 0.29) is 0 Å². The van der Waals surface area contributed by atoms with E-state index in [4.69, 9.17) is 5.11 Å². The average Bonchev–Trinajstić information content (AvgIpc) is 2.83. The molecule has 2 rings (SSSR count). The Morgan fingerprint density at radius 2 is 2.18 bits per heavy atom. The molecule has 0 radical (unpaired) electrons. The predicted molar refractivity (Wildman–Crippen MR) is 65.3 cm³/mol. The molecular formula is C12H15N3O2. The first kappa shape index (κ1) is 11.4. The number of carbonyl (C=O) groups is 1. The Labute approximate surface area is 99.8 Å². The van der Waals surface area contributed by atoms with Crippen LogP contribution in [0.25, 0.3) is 0 Å². The second kappa shape index (κ2) is 4.86. The number of benzene rings is 1. The number of hydrogen-bond acceptors (Lipinski definition) is 3. The maximum absolute atomic E-state index is 10.7. The molecule has 1 aliphatic rings. The maximum Gasteiger partial charge on any atom is 0.407 e. The molecule has 0 aromatic heterocycles. The zero-order valence-corrected chi connectivity index (χ0v) is 9.68. The first-order valence-corrected chi connectivity index (χ1v) is 5.48. The summed E-state index contributed by atoms with van der Waals surface area (Å²) in [5, 5.41) is 12.0. The summed E-state index contributed by atoms with van der Waals surface area (Å²) in [6.45, 7) is 2.10. The van der Waals surface area contributed by atoms with Crippen molar-refractivity contribution in [3.05, 3.63) is 35.4 Å². The van der Waals surface area contributed by atoms with Gasteiger partial charge < -0.3 is 15.3 Å². The largest absolute Gasteiger partial charge is 0.465 e. The summed E-state index contributed by atoms with van der Waals surface area (Å²) in [6.07, 6.45) is -0.920. The van der Waals surface area contributed by atoms with Crippen LogP contribution in [0.3, 0.4) is 0 Å². The topological polar surface area (TPSA) is 64.9 Å². The van der Waals surface area contributed by atoms with Gasteiger partial charge in [0.1, 0.15) is 5.84 Å². The van der Waals surface area contributed by atoms with E-state index in [0.29, 0.717) is 6.54 Å². The lowest BCUT2D eigenvalue weighted by atomic mass is 10.1. The van der Waals surface area contributed by atoms with Crippen LogP contribution in [0.1, 0.15) is 11.1 Å². The van der Waals surface area contributed by atoms with Crippen LogP contribution in [0.15, 0.2) is 29.3 Å². The third-order valence-corrected chi connectivity index (χ3v) is 2.65. The molecule has 90 valence electrons. The van der Waals surface area contributed by atoms with Gasteiger partial charge in [-0.15, -0.1) is 0 Å². The van der Waals surface area contributed by atoms with Crippen LogP contribution in [-0.2, 0) is 6.54 Å². The molecular weight excluding hydrogens is 218 g/mol. The van der Waals surface area contributed by atoms with Gasteiger partial charge in [0.25, 0.3) is 0 Å². The normalized spacial score (nSPS) is 14.1. The predicted octanol–water partition coefficient (Wildman–Crippen LogP) is 1.15. The molecule has 1 aromatic carbocycles. The van der Waals surface area contributed by atoms with E-state index in [1.165, 1.54) is 4.90 Å². The fourth-order valence-electron chi connectivity index (χ4n) is 1.70. The van der Waals surface area contributed by atoms with Crippen molar-refractivity contribution in [1.29, 1.82) is 0 Å². The lowest BCUT2D eigenvalue weighted by Crippen LogP contribution is -2.24. The lowest BCUT2D eigenvalue weighted by molar-refractivity contribution is 0.154. The van der Waals surface area contributed by atoms with Crippen LogP contribution in [0.5, 0.6) is 0 Å². The number of aliphatic imine (C=N–C) groups is 1. The average molecular weight is 233 g/mol. The first-order chi connectivity index (χ1) is 8.16. The summed E-state index contributed by atoms with van der Waals surface area (Å²) in [4.78, 5) is 16.3. The van der Waals surface area contributed by atoms with Crippen molar-refractivity contribution in [1.82, 2.24) is 10.2 Å². The third-order valence-electron chi connectivity index (χ3n) is 2.65. The second-order valence-electron chi connectivity index (χ2n) is 3.99. The van der Waals surface area contributed by atoms with Gasteiger partial charge in [-0.25, -0.2) is 4.79 Å². The highest BCUT2D eigenvalue weighted by Gasteiger charge is 2.09. The number of amidine groups is 1. The summed E-state index contributed by atoms with van der Waals surface area (Å²) >= 11 is 0. The van der Waals surface area contributed by atoms with Crippen molar-refractivity contribution in [2.75, 3.05) is 20.1 Å². The third kappa shape index (κ3) is 2.75. The number of carboxylic acid groups (broad SMARTS) is 1. The fraction of sp³-hybridized carbons (Fsp3) is 0.333.